The molecule has 138 valence electrons. The van der Waals surface area contributed by atoms with Crippen molar-refractivity contribution in [2.45, 2.75) is 27.7 Å². The molecule has 0 aliphatic carbocycles. The van der Waals surface area contributed by atoms with Gasteiger partial charge >= 0.3 is 0 Å². The summed E-state index contributed by atoms with van der Waals surface area (Å²) in [6.07, 6.45) is 0. The van der Waals surface area contributed by atoms with Gasteiger partial charge in [-0.3, -0.25) is 29.4 Å². The number of carbonyl (C=O) groups is 3. The molecule has 3 rings (SSSR count). The van der Waals surface area contributed by atoms with Crippen LogP contribution in [0.5, 0.6) is 0 Å². The van der Waals surface area contributed by atoms with Crippen LogP contribution in [0, 0.1) is 37.8 Å². The Bertz CT molecular complexity index is 1010. The monoisotopic (exact) mass is 366 g/mol. The van der Waals surface area contributed by atoms with E-state index in [0.29, 0.717) is 5.56 Å². The standard InChI is InChI=1S/C20H18N2O5/c1-10-7-11(2)13(4)18(12(10)3)17(23)9-21-19(24)15-6-5-14(22(26)27)8-16(15)20(21)25/h5-8H,9H2,1-4H3. The Balaban J connectivity index is 1.96. The molecule has 1 heterocycles. The predicted molar refractivity (Wildman–Crippen MR) is 98.2 cm³/mol. The Morgan fingerprint density at radius 1 is 0.963 bits per heavy atom. The summed E-state index contributed by atoms with van der Waals surface area (Å²) < 4.78 is 0. The molecule has 0 saturated heterocycles. The average Bonchev–Trinajstić information content (AvgIpc) is 2.84. The first-order valence-corrected chi connectivity index (χ1v) is 8.38. The van der Waals surface area contributed by atoms with Gasteiger partial charge in [-0.2, -0.15) is 0 Å². The fourth-order valence-electron chi connectivity index (χ4n) is 3.39. The molecule has 0 spiro atoms. The molecule has 2 aromatic carbocycles. The molecule has 0 atom stereocenters. The lowest BCUT2D eigenvalue weighted by Gasteiger charge is -2.17. The zero-order valence-corrected chi connectivity index (χ0v) is 15.5. The van der Waals surface area contributed by atoms with E-state index in [1.165, 1.54) is 12.1 Å². The lowest BCUT2D eigenvalue weighted by atomic mass is 9.91. The quantitative estimate of drug-likeness (QED) is 0.358. The van der Waals surface area contributed by atoms with Gasteiger partial charge < -0.3 is 0 Å². The third-order valence-electron chi connectivity index (χ3n) is 5.11. The van der Waals surface area contributed by atoms with Crippen molar-refractivity contribution in [1.29, 1.82) is 0 Å². The highest BCUT2D eigenvalue weighted by Crippen LogP contribution is 2.28. The molecule has 1 aliphatic heterocycles. The summed E-state index contributed by atoms with van der Waals surface area (Å²) in [7, 11) is 0. The molecule has 7 nitrogen and oxygen atoms in total. The van der Waals surface area contributed by atoms with Crippen molar-refractivity contribution in [2.24, 2.45) is 0 Å². The minimum atomic E-state index is -0.688. The zero-order chi connectivity index (χ0) is 20.0. The zero-order valence-electron chi connectivity index (χ0n) is 15.5. The molecule has 0 radical (unpaired) electrons. The van der Waals surface area contributed by atoms with Gasteiger partial charge in [-0.25, -0.2) is 0 Å². The fraction of sp³-hybridized carbons (Fsp3) is 0.250. The van der Waals surface area contributed by atoms with Crippen LogP contribution in [-0.4, -0.2) is 34.0 Å². The van der Waals surface area contributed by atoms with Crippen LogP contribution < -0.4 is 0 Å². The number of benzene rings is 2. The number of fused-ring (bicyclic) bond motifs is 1. The minimum absolute atomic E-state index is 0.0455. The van der Waals surface area contributed by atoms with Crippen molar-refractivity contribution in [1.82, 2.24) is 4.90 Å². The Kier molecular flexibility index (Phi) is 4.39. The van der Waals surface area contributed by atoms with Gasteiger partial charge in [0.15, 0.2) is 5.78 Å². The number of amides is 2. The molecule has 0 unspecified atom stereocenters. The van der Waals surface area contributed by atoms with Gasteiger partial charge in [0.25, 0.3) is 17.5 Å². The molecular weight excluding hydrogens is 348 g/mol. The number of nitro benzene ring substituents is 1. The molecule has 0 aromatic heterocycles. The van der Waals surface area contributed by atoms with E-state index in [-0.39, 0.29) is 22.6 Å². The molecule has 2 amide bonds. The van der Waals surface area contributed by atoms with Gasteiger partial charge in [-0.15, -0.1) is 0 Å². The lowest BCUT2D eigenvalue weighted by molar-refractivity contribution is -0.384. The lowest BCUT2D eigenvalue weighted by Crippen LogP contribution is -2.35. The van der Waals surface area contributed by atoms with Crippen molar-refractivity contribution in [3.63, 3.8) is 0 Å². The summed E-state index contributed by atoms with van der Waals surface area (Å²) in [6.45, 7) is 7.07. The average molecular weight is 366 g/mol. The van der Waals surface area contributed by atoms with Crippen LogP contribution in [-0.2, 0) is 0 Å². The second-order valence-electron chi connectivity index (χ2n) is 6.74. The number of hydrogen-bond donors (Lipinski definition) is 0. The summed E-state index contributed by atoms with van der Waals surface area (Å²) in [5, 5.41) is 10.9. The second-order valence-corrected chi connectivity index (χ2v) is 6.74. The van der Waals surface area contributed by atoms with Crippen molar-refractivity contribution in [3.05, 3.63) is 73.3 Å². The Labute approximate surface area is 155 Å². The van der Waals surface area contributed by atoms with Gasteiger partial charge in [0.2, 0.25) is 0 Å². The van der Waals surface area contributed by atoms with Crippen molar-refractivity contribution in [2.75, 3.05) is 6.54 Å². The number of hydrogen-bond acceptors (Lipinski definition) is 5. The summed E-state index contributed by atoms with van der Waals surface area (Å²) in [6, 6.07) is 5.50. The van der Waals surface area contributed by atoms with Crippen molar-refractivity contribution < 1.29 is 19.3 Å². The maximum Gasteiger partial charge on any atom is 0.270 e. The van der Waals surface area contributed by atoms with E-state index in [0.717, 1.165) is 33.2 Å². The SMILES string of the molecule is Cc1cc(C)c(C)c(C(=O)CN2C(=O)c3ccc([N+](=O)[O-])cc3C2=O)c1C. The summed E-state index contributed by atoms with van der Waals surface area (Å²) in [4.78, 5) is 49.2. The smallest absolute Gasteiger partial charge is 0.270 e. The molecule has 0 N–H and O–H groups in total. The number of ketones is 1. The largest absolute Gasteiger partial charge is 0.292 e. The van der Waals surface area contributed by atoms with E-state index in [1.807, 2.05) is 33.8 Å². The first kappa shape index (κ1) is 18.4. The van der Waals surface area contributed by atoms with E-state index in [4.69, 9.17) is 0 Å². The molecule has 1 aliphatic rings. The number of rotatable bonds is 4. The number of nitro groups is 1. The first-order valence-electron chi connectivity index (χ1n) is 8.38. The van der Waals surface area contributed by atoms with E-state index in [9.17, 15) is 24.5 Å². The van der Waals surface area contributed by atoms with Crippen LogP contribution in [0.25, 0.3) is 0 Å². The molecule has 0 saturated carbocycles. The van der Waals surface area contributed by atoms with Gasteiger partial charge in [-0.1, -0.05) is 6.07 Å². The van der Waals surface area contributed by atoms with E-state index < -0.39 is 23.3 Å². The Hall–Kier alpha value is -3.35. The third kappa shape index (κ3) is 2.91. The molecule has 2 aromatic rings. The number of imide groups is 1. The van der Waals surface area contributed by atoms with Crippen LogP contribution in [0.4, 0.5) is 5.69 Å². The fourth-order valence-corrected chi connectivity index (χ4v) is 3.39. The summed E-state index contributed by atoms with van der Waals surface area (Å²) in [5.41, 5.74) is 3.81. The number of non-ortho nitro benzene ring substituents is 1. The maximum atomic E-state index is 12.9. The maximum absolute atomic E-state index is 12.9. The summed E-state index contributed by atoms with van der Waals surface area (Å²) in [5.74, 6) is -1.63. The van der Waals surface area contributed by atoms with Crippen molar-refractivity contribution in [3.8, 4) is 0 Å². The number of Topliss-reactive ketones (excluding diaryl/α,β-unsaturated/α-hetero) is 1. The minimum Gasteiger partial charge on any atom is -0.292 e. The van der Waals surface area contributed by atoms with Gasteiger partial charge in [0, 0.05) is 17.7 Å². The van der Waals surface area contributed by atoms with Crippen LogP contribution >= 0.6 is 0 Å². The van der Waals surface area contributed by atoms with E-state index >= 15 is 0 Å². The summed E-state index contributed by atoms with van der Waals surface area (Å²) >= 11 is 0. The van der Waals surface area contributed by atoms with E-state index in [1.54, 1.807) is 0 Å². The number of nitrogens with zero attached hydrogens (tertiary/aromatic N) is 2. The van der Waals surface area contributed by atoms with Crippen molar-refractivity contribution >= 4 is 23.3 Å². The van der Waals surface area contributed by atoms with E-state index in [2.05, 4.69) is 0 Å². The Morgan fingerprint density at radius 3 is 2.07 bits per heavy atom. The normalized spacial score (nSPS) is 13.1. The molecule has 27 heavy (non-hydrogen) atoms. The van der Waals surface area contributed by atoms with Crippen LogP contribution in [0.15, 0.2) is 24.3 Å². The van der Waals surface area contributed by atoms with Gasteiger partial charge in [-0.05, 0) is 56.0 Å². The van der Waals surface area contributed by atoms with Crippen LogP contribution in [0.1, 0.15) is 53.3 Å². The second kappa shape index (κ2) is 6.42. The number of aryl methyl sites for hydroxylation is 2. The topological polar surface area (TPSA) is 97.6 Å². The molecular formula is C20H18N2O5. The first-order chi connectivity index (χ1) is 12.6. The predicted octanol–water partition coefficient (Wildman–Crippen LogP) is 3.31. The molecule has 0 bridgehead atoms. The number of carbonyl (C=O) groups excluding carboxylic acids is 3. The third-order valence-corrected chi connectivity index (χ3v) is 5.11. The molecule has 7 heteroatoms. The molecule has 0 fully saturated rings. The Morgan fingerprint density at radius 2 is 1.52 bits per heavy atom. The highest BCUT2D eigenvalue weighted by atomic mass is 16.6. The highest BCUT2D eigenvalue weighted by molar-refractivity contribution is 6.23. The van der Waals surface area contributed by atoms with Gasteiger partial charge in [0.05, 0.1) is 22.6 Å². The van der Waals surface area contributed by atoms with Crippen LogP contribution in [0.3, 0.4) is 0 Å². The highest BCUT2D eigenvalue weighted by Gasteiger charge is 2.38. The van der Waals surface area contributed by atoms with Crippen LogP contribution in [0.2, 0.25) is 0 Å². The van der Waals surface area contributed by atoms with Gasteiger partial charge in [0.1, 0.15) is 0 Å².